The van der Waals surface area contributed by atoms with E-state index in [1.165, 1.54) is 18.4 Å². The van der Waals surface area contributed by atoms with Gasteiger partial charge in [-0.05, 0) is 62.3 Å². The molecular formula is C23H28N2O3. The fourth-order valence-corrected chi connectivity index (χ4v) is 3.99. The topological polar surface area (TPSA) is 51.7 Å². The third-order valence-electron chi connectivity index (χ3n) is 5.52. The minimum Gasteiger partial charge on any atom is -0.492 e. The lowest BCUT2D eigenvalue weighted by Gasteiger charge is -2.26. The second-order valence-electron chi connectivity index (χ2n) is 7.58. The van der Waals surface area contributed by atoms with Crippen molar-refractivity contribution in [1.29, 1.82) is 0 Å². The number of amides is 1. The molecule has 0 spiro atoms. The quantitative estimate of drug-likeness (QED) is 0.736. The number of nitrogens with zero attached hydrogens (tertiary/aromatic N) is 2. The van der Waals surface area contributed by atoms with Gasteiger partial charge in [0.05, 0.1) is 18.2 Å². The van der Waals surface area contributed by atoms with Gasteiger partial charge >= 0.3 is 0 Å². The maximum Gasteiger partial charge on any atom is 0.255 e. The lowest BCUT2D eigenvalue weighted by molar-refractivity contribution is 0.0493. The average molecular weight is 380 g/mol. The van der Waals surface area contributed by atoms with E-state index in [1.807, 2.05) is 41.3 Å². The first kappa shape index (κ1) is 18.9. The Hall–Kier alpha value is -2.40. The molecule has 0 bridgehead atoms. The molecule has 2 aliphatic rings. The van der Waals surface area contributed by atoms with Gasteiger partial charge in [0.25, 0.3) is 5.91 Å². The zero-order valence-electron chi connectivity index (χ0n) is 16.3. The lowest BCUT2D eigenvalue weighted by atomic mass is 9.95. The fraction of sp³-hybridized carbons (Fsp3) is 0.478. The van der Waals surface area contributed by atoms with Gasteiger partial charge in [-0.15, -0.1) is 0 Å². The number of hydrogen-bond donors (Lipinski definition) is 0. The second kappa shape index (κ2) is 9.20. The Kier molecular flexibility index (Phi) is 6.22. The van der Waals surface area contributed by atoms with Crippen LogP contribution in [0.1, 0.15) is 47.3 Å². The van der Waals surface area contributed by atoms with Gasteiger partial charge in [-0.3, -0.25) is 9.78 Å². The normalized spacial score (nSPS) is 18.5. The molecule has 0 N–H and O–H groups in total. The highest BCUT2D eigenvalue weighted by Gasteiger charge is 2.24. The first-order chi connectivity index (χ1) is 13.8. The summed E-state index contributed by atoms with van der Waals surface area (Å²) >= 11 is 0. The molecule has 148 valence electrons. The highest BCUT2D eigenvalue weighted by atomic mass is 16.5. The molecule has 5 nitrogen and oxygen atoms in total. The Morgan fingerprint density at radius 1 is 1.18 bits per heavy atom. The molecule has 4 rings (SSSR count). The van der Waals surface area contributed by atoms with Gasteiger partial charge in [0.1, 0.15) is 12.4 Å². The zero-order valence-corrected chi connectivity index (χ0v) is 16.3. The maximum atomic E-state index is 13.2. The molecule has 0 radical (unpaired) electrons. The lowest BCUT2D eigenvalue weighted by Crippen LogP contribution is -2.40. The predicted molar refractivity (Wildman–Crippen MR) is 108 cm³/mol. The van der Waals surface area contributed by atoms with Crippen molar-refractivity contribution in [3.05, 3.63) is 59.4 Å². The van der Waals surface area contributed by atoms with Crippen LogP contribution in [0.4, 0.5) is 0 Å². The van der Waals surface area contributed by atoms with Crippen LogP contribution >= 0.6 is 0 Å². The minimum absolute atomic E-state index is 0.0213. The number of hydrogen-bond acceptors (Lipinski definition) is 4. The molecule has 1 fully saturated rings. The van der Waals surface area contributed by atoms with Crippen LogP contribution in [-0.4, -0.2) is 48.2 Å². The second-order valence-corrected chi connectivity index (χ2v) is 7.58. The molecule has 1 atom stereocenters. The third-order valence-corrected chi connectivity index (χ3v) is 5.52. The largest absolute Gasteiger partial charge is 0.492 e. The number of aromatic nitrogens is 1. The van der Waals surface area contributed by atoms with Crippen LogP contribution in [0.25, 0.3) is 0 Å². The van der Waals surface area contributed by atoms with Crippen molar-refractivity contribution in [2.75, 3.05) is 26.3 Å². The number of fused-ring (bicyclic) bond motifs is 1. The zero-order chi connectivity index (χ0) is 19.2. The number of ether oxygens (including phenoxy) is 2. The predicted octanol–water partition coefficient (Wildman–Crippen LogP) is 3.66. The van der Waals surface area contributed by atoms with E-state index in [1.54, 1.807) is 6.20 Å². The first-order valence-corrected chi connectivity index (χ1v) is 10.4. The van der Waals surface area contributed by atoms with Crippen molar-refractivity contribution in [2.24, 2.45) is 0 Å². The summed E-state index contributed by atoms with van der Waals surface area (Å²) in [7, 11) is 0. The first-order valence-electron chi connectivity index (χ1n) is 10.4. The molecule has 1 aliphatic carbocycles. The molecule has 1 aromatic heterocycles. The van der Waals surface area contributed by atoms with Crippen LogP contribution in [0.2, 0.25) is 0 Å². The van der Waals surface area contributed by atoms with Crippen molar-refractivity contribution in [3.63, 3.8) is 0 Å². The van der Waals surface area contributed by atoms with E-state index in [4.69, 9.17) is 9.47 Å². The molecule has 5 heteroatoms. The smallest absolute Gasteiger partial charge is 0.255 e. The molecule has 1 unspecified atom stereocenters. The summed E-state index contributed by atoms with van der Waals surface area (Å²) in [5, 5.41) is 0. The molecule has 28 heavy (non-hydrogen) atoms. The van der Waals surface area contributed by atoms with Crippen molar-refractivity contribution < 1.29 is 14.3 Å². The van der Waals surface area contributed by atoms with Gasteiger partial charge in [-0.1, -0.05) is 18.2 Å². The Balaban J connectivity index is 1.44. The van der Waals surface area contributed by atoms with Crippen LogP contribution in [0.3, 0.4) is 0 Å². The number of benzene rings is 1. The minimum atomic E-state index is 0.0213. The van der Waals surface area contributed by atoms with Gasteiger partial charge in [0, 0.05) is 25.0 Å². The van der Waals surface area contributed by atoms with Crippen molar-refractivity contribution in [2.45, 2.75) is 44.6 Å². The molecule has 1 aromatic carbocycles. The number of pyridine rings is 1. The standard InChI is InChI=1S/C23H28N2O3/c26-23(19-15-18-7-4-5-11-22(18)24-16-19)25(17-21-10-6-13-27-21)12-14-28-20-8-2-1-3-9-20/h1-3,8-9,15-16,21H,4-7,10-14,17H2. The monoisotopic (exact) mass is 380 g/mol. The van der Waals surface area contributed by atoms with Gasteiger partial charge in [-0.2, -0.15) is 0 Å². The van der Waals surface area contributed by atoms with E-state index < -0.39 is 0 Å². The van der Waals surface area contributed by atoms with E-state index in [9.17, 15) is 4.79 Å². The van der Waals surface area contributed by atoms with E-state index in [0.717, 1.165) is 43.7 Å². The van der Waals surface area contributed by atoms with Gasteiger partial charge < -0.3 is 14.4 Å². The summed E-state index contributed by atoms with van der Waals surface area (Å²) in [5.74, 6) is 0.843. The fourth-order valence-electron chi connectivity index (χ4n) is 3.99. The van der Waals surface area contributed by atoms with Crippen LogP contribution in [0.5, 0.6) is 5.75 Å². The molecule has 1 aliphatic heterocycles. The number of carbonyl (C=O) groups excluding carboxylic acids is 1. The Morgan fingerprint density at radius 2 is 2.04 bits per heavy atom. The van der Waals surface area contributed by atoms with Crippen molar-refractivity contribution in [1.82, 2.24) is 9.88 Å². The van der Waals surface area contributed by atoms with Crippen molar-refractivity contribution in [3.8, 4) is 5.75 Å². The highest BCUT2D eigenvalue weighted by Crippen LogP contribution is 2.21. The molecule has 1 amide bonds. The van der Waals surface area contributed by atoms with E-state index in [-0.39, 0.29) is 12.0 Å². The molecule has 1 saturated heterocycles. The molecule has 2 heterocycles. The van der Waals surface area contributed by atoms with Crippen LogP contribution in [0, 0.1) is 0 Å². The summed E-state index contributed by atoms with van der Waals surface area (Å²) in [6, 6.07) is 11.8. The van der Waals surface area contributed by atoms with Gasteiger partial charge in [-0.25, -0.2) is 0 Å². The molecular weight excluding hydrogens is 352 g/mol. The highest BCUT2D eigenvalue weighted by molar-refractivity contribution is 5.94. The van der Waals surface area contributed by atoms with Crippen molar-refractivity contribution >= 4 is 5.91 Å². The van der Waals surface area contributed by atoms with Gasteiger partial charge in [0.15, 0.2) is 0 Å². The Labute approximate surface area is 166 Å². The van der Waals surface area contributed by atoms with E-state index in [0.29, 0.717) is 25.3 Å². The van der Waals surface area contributed by atoms with E-state index >= 15 is 0 Å². The van der Waals surface area contributed by atoms with Crippen LogP contribution < -0.4 is 4.74 Å². The van der Waals surface area contributed by atoms with E-state index in [2.05, 4.69) is 4.98 Å². The van der Waals surface area contributed by atoms with Gasteiger partial charge in [0.2, 0.25) is 0 Å². The molecule has 2 aromatic rings. The maximum absolute atomic E-state index is 13.2. The Morgan fingerprint density at radius 3 is 2.86 bits per heavy atom. The average Bonchev–Trinajstić information content (AvgIpc) is 3.26. The summed E-state index contributed by atoms with van der Waals surface area (Å²) in [6.07, 6.45) is 8.34. The van der Waals surface area contributed by atoms with Crippen LogP contribution in [0.15, 0.2) is 42.6 Å². The summed E-state index contributed by atoms with van der Waals surface area (Å²) in [6.45, 7) is 2.38. The van der Waals surface area contributed by atoms with Crippen LogP contribution in [-0.2, 0) is 17.6 Å². The number of carbonyl (C=O) groups is 1. The SMILES string of the molecule is O=C(c1cnc2c(c1)CCCC2)N(CCOc1ccccc1)CC1CCCO1. The molecule has 0 saturated carbocycles. The number of para-hydroxylation sites is 1. The number of rotatable bonds is 7. The third kappa shape index (κ3) is 4.71. The summed E-state index contributed by atoms with van der Waals surface area (Å²) in [4.78, 5) is 19.7. The summed E-state index contributed by atoms with van der Waals surface area (Å²) < 4.78 is 11.6. The number of aryl methyl sites for hydroxylation is 2. The summed E-state index contributed by atoms with van der Waals surface area (Å²) in [5.41, 5.74) is 3.06. The Bertz CT molecular complexity index is 788.